The highest BCUT2D eigenvalue weighted by atomic mass is 32.2. The second kappa shape index (κ2) is 8.67. The van der Waals surface area contributed by atoms with Crippen LogP contribution in [0.25, 0.3) is 0 Å². The summed E-state index contributed by atoms with van der Waals surface area (Å²) in [7, 11) is -3.74. The van der Waals surface area contributed by atoms with E-state index in [-0.39, 0.29) is 17.3 Å². The molecule has 0 spiro atoms. The summed E-state index contributed by atoms with van der Waals surface area (Å²) in [5, 5.41) is 5.83. The van der Waals surface area contributed by atoms with Crippen LogP contribution >= 0.6 is 11.3 Å². The predicted octanol–water partition coefficient (Wildman–Crippen LogP) is 3.12. The molecule has 1 atom stereocenters. The van der Waals surface area contributed by atoms with E-state index in [0.29, 0.717) is 31.8 Å². The topological polar surface area (TPSA) is 79.4 Å². The van der Waals surface area contributed by atoms with E-state index in [2.05, 4.69) is 24.1 Å². The van der Waals surface area contributed by atoms with Crippen molar-refractivity contribution in [1.82, 2.24) is 14.6 Å². The van der Waals surface area contributed by atoms with Gasteiger partial charge in [-0.1, -0.05) is 13.8 Å². The van der Waals surface area contributed by atoms with Crippen molar-refractivity contribution in [2.45, 2.75) is 44.0 Å². The first kappa shape index (κ1) is 20.9. The van der Waals surface area contributed by atoms with Crippen LogP contribution in [-0.4, -0.2) is 36.7 Å². The summed E-state index contributed by atoms with van der Waals surface area (Å²) < 4.78 is 40.0. The number of nitrogens with zero attached hydrogens (tertiary/aromatic N) is 2. The summed E-state index contributed by atoms with van der Waals surface area (Å²) in [5.74, 6) is -0.721. The summed E-state index contributed by atoms with van der Waals surface area (Å²) in [6.07, 6.45) is 1.24. The molecule has 2 aromatic rings. The predicted molar refractivity (Wildman–Crippen MR) is 106 cm³/mol. The molecular formula is C19H24FN3O3S2. The molecule has 1 N–H and O–H groups in total. The van der Waals surface area contributed by atoms with Crippen molar-refractivity contribution >= 4 is 27.3 Å². The van der Waals surface area contributed by atoms with Crippen molar-refractivity contribution in [1.29, 1.82) is 0 Å². The Morgan fingerprint density at radius 2 is 2.07 bits per heavy atom. The van der Waals surface area contributed by atoms with Gasteiger partial charge in [-0.25, -0.2) is 17.8 Å². The molecule has 1 amide bonds. The van der Waals surface area contributed by atoms with Crippen LogP contribution in [0, 0.1) is 11.7 Å². The zero-order valence-electron chi connectivity index (χ0n) is 15.9. The number of hydrogen-bond acceptors (Lipinski definition) is 5. The number of carbonyl (C=O) groups is 1. The molecule has 1 aromatic carbocycles. The molecule has 152 valence electrons. The summed E-state index contributed by atoms with van der Waals surface area (Å²) in [5.41, 5.74) is 0.814. The van der Waals surface area contributed by atoms with E-state index in [4.69, 9.17) is 0 Å². The lowest BCUT2D eigenvalue weighted by molar-refractivity contribution is -0.126. The van der Waals surface area contributed by atoms with Crippen molar-refractivity contribution < 1.29 is 17.6 Å². The maximum Gasteiger partial charge on any atom is 0.243 e. The van der Waals surface area contributed by atoms with Crippen LogP contribution in [0.1, 0.15) is 43.3 Å². The maximum absolute atomic E-state index is 13.1. The molecule has 3 rings (SSSR count). The second-order valence-electron chi connectivity index (χ2n) is 7.21. The molecule has 0 bridgehead atoms. The number of piperidine rings is 1. The molecule has 0 aliphatic carbocycles. The zero-order valence-corrected chi connectivity index (χ0v) is 17.5. The van der Waals surface area contributed by atoms with E-state index >= 15 is 0 Å². The van der Waals surface area contributed by atoms with Crippen molar-refractivity contribution in [3.63, 3.8) is 0 Å². The number of rotatable bonds is 6. The van der Waals surface area contributed by atoms with E-state index in [0.717, 1.165) is 22.8 Å². The van der Waals surface area contributed by atoms with Crippen molar-refractivity contribution in [2.75, 3.05) is 13.1 Å². The Balaban J connectivity index is 1.62. The van der Waals surface area contributed by atoms with Gasteiger partial charge in [-0.15, -0.1) is 11.3 Å². The van der Waals surface area contributed by atoms with Gasteiger partial charge < -0.3 is 5.32 Å². The molecule has 9 heteroatoms. The van der Waals surface area contributed by atoms with E-state index < -0.39 is 21.8 Å². The average molecular weight is 426 g/mol. The lowest BCUT2D eigenvalue weighted by atomic mass is 9.99. The lowest BCUT2D eigenvalue weighted by Gasteiger charge is -2.31. The van der Waals surface area contributed by atoms with Gasteiger partial charge in [0.05, 0.1) is 28.1 Å². The summed E-state index contributed by atoms with van der Waals surface area (Å²) in [6.45, 7) is 4.95. The van der Waals surface area contributed by atoms with Gasteiger partial charge >= 0.3 is 0 Å². The van der Waals surface area contributed by atoms with Crippen LogP contribution in [0.15, 0.2) is 34.5 Å². The van der Waals surface area contributed by atoms with Crippen LogP contribution in [0.2, 0.25) is 0 Å². The minimum absolute atomic E-state index is 0.0404. The molecule has 1 saturated heterocycles. The van der Waals surface area contributed by atoms with E-state index in [1.165, 1.54) is 16.4 Å². The highest BCUT2D eigenvalue weighted by molar-refractivity contribution is 7.89. The Kier molecular flexibility index (Phi) is 6.47. The summed E-state index contributed by atoms with van der Waals surface area (Å²) in [4.78, 5) is 17.1. The van der Waals surface area contributed by atoms with E-state index in [1.807, 2.05) is 5.38 Å². The largest absolute Gasteiger partial charge is 0.350 e. The van der Waals surface area contributed by atoms with Crippen LogP contribution in [0.3, 0.4) is 0 Å². The van der Waals surface area contributed by atoms with Crippen LogP contribution < -0.4 is 5.32 Å². The Morgan fingerprint density at radius 3 is 2.71 bits per heavy atom. The first-order valence-electron chi connectivity index (χ1n) is 9.25. The Morgan fingerprint density at radius 1 is 1.36 bits per heavy atom. The monoisotopic (exact) mass is 425 g/mol. The SMILES string of the molecule is CC(C)c1nc(CNC(=O)C2CCCN(S(=O)(=O)c3ccc(F)cc3)C2)cs1. The number of benzene rings is 1. The fourth-order valence-corrected chi connectivity index (χ4v) is 5.48. The number of aromatic nitrogens is 1. The number of sulfonamides is 1. The Bertz CT molecular complexity index is 926. The van der Waals surface area contributed by atoms with Gasteiger partial charge in [-0.3, -0.25) is 4.79 Å². The lowest BCUT2D eigenvalue weighted by Crippen LogP contribution is -2.45. The first-order valence-corrected chi connectivity index (χ1v) is 11.6. The normalized spacial score (nSPS) is 18.4. The van der Waals surface area contributed by atoms with Crippen LogP contribution in [0.4, 0.5) is 4.39 Å². The Labute approximate surface area is 168 Å². The highest BCUT2D eigenvalue weighted by Crippen LogP contribution is 2.24. The van der Waals surface area contributed by atoms with Crippen LogP contribution in [-0.2, 0) is 21.4 Å². The third kappa shape index (κ3) is 4.76. The zero-order chi connectivity index (χ0) is 20.3. The molecule has 1 unspecified atom stereocenters. The van der Waals surface area contributed by atoms with Gasteiger partial charge in [0.2, 0.25) is 15.9 Å². The molecule has 2 heterocycles. The van der Waals surface area contributed by atoms with Gasteiger partial charge in [0, 0.05) is 24.4 Å². The number of thiazole rings is 1. The summed E-state index contributed by atoms with van der Waals surface area (Å²) >= 11 is 1.57. The highest BCUT2D eigenvalue weighted by Gasteiger charge is 2.33. The number of carbonyl (C=O) groups excluding carboxylic acids is 1. The summed E-state index contributed by atoms with van der Waals surface area (Å²) in [6, 6.07) is 4.76. The van der Waals surface area contributed by atoms with E-state index in [9.17, 15) is 17.6 Å². The molecule has 1 fully saturated rings. The molecule has 1 aliphatic rings. The third-order valence-electron chi connectivity index (χ3n) is 4.71. The molecule has 6 nitrogen and oxygen atoms in total. The van der Waals surface area contributed by atoms with Crippen molar-refractivity contribution in [2.24, 2.45) is 5.92 Å². The minimum Gasteiger partial charge on any atom is -0.350 e. The fraction of sp³-hybridized carbons (Fsp3) is 0.474. The van der Waals surface area contributed by atoms with Crippen molar-refractivity contribution in [3.8, 4) is 0 Å². The molecular weight excluding hydrogens is 401 g/mol. The third-order valence-corrected chi connectivity index (χ3v) is 7.79. The Hall–Kier alpha value is -1.84. The molecule has 0 saturated carbocycles. The smallest absolute Gasteiger partial charge is 0.243 e. The fourth-order valence-electron chi connectivity index (χ4n) is 3.12. The second-order valence-corrected chi connectivity index (χ2v) is 10.0. The number of hydrogen-bond donors (Lipinski definition) is 1. The molecule has 0 radical (unpaired) electrons. The van der Waals surface area contributed by atoms with Gasteiger partial charge in [0.25, 0.3) is 0 Å². The van der Waals surface area contributed by atoms with E-state index in [1.54, 1.807) is 11.3 Å². The molecule has 1 aromatic heterocycles. The van der Waals surface area contributed by atoms with Gasteiger partial charge in [-0.2, -0.15) is 4.31 Å². The number of nitrogens with one attached hydrogen (secondary N) is 1. The van der Waals surface area contributed by atoms with Crippen molar-refractivity contribution in [3.05, 3.63) is 46.2 Å². The average Bonchev–Trinajstić information content (AvgIpc) is 3.16. The standard InChI is InChI=1S/C19H24FN3O3S2/c1-13(2)19-22-16(12-27-19)10-21-18(24)14-4-3-9-23(11-14)28(25,26)17-7-5-15(20)6-8-17/h5-8,12-14H,3-4,9-11H2,1-2H3,(H,21,24). The molecule has 1 aliphatic heterocycles. The van der Waals surface area contributed by atoms with Gasteiger partial charge in [0.1, 0.15) is 5.82 Å². The van der Waals surface area contributed by atoms with Gasteiger partial charge in [-0.05, 0) is 37.1 Å². The number of halogens is 1. The van der Waals surface area contributed by atoms with Gasteiger partial charge in [0.15, 0.2) is 0 Å². The number of amides is 1. The first-order chi connectivity index (χ1) is 13.3. The van der Waals surface area contributed by atoms with Crippen LogP contribution in [0.5, 0.6) is 0 Å². The maximum atomic E-state index is 13.1. The minimum atomic E-state index is -3.74. The molecule has 28 heavy (non-hydrogen) atoms. The quantitative estimate of drug-likeness (QED) is 0.771.